The van der Waals surface area contributed by atoms with E-state index in [0.29, 0.717) is 11.3 Å². The molecule has 0 fully saturated rings. The summed E-state index contributed by atoms with van der Waals surface area (Å²) in [7, 11) is 3.92. The Hall–Kier alpha value is -2.69. The van der Waals surface area contributed by atoms with Crippen LogP contribution in [0.25, 0.3) is 0 Å². The molecule has 2 aromatic carbocycles. The van der Waals surface area contributed by atoms with Crippen molar-refractivity contribution in [1.82, 2.24) is 0 Å². The molecule has 0 spiro atoms. The third-order valence-electron chi connectivity index (χ3n) is 3.25. The molecule has 0 aliphatic rings. The molecular weight excluding hydrogens is 281 g/mol. The van der Waals surface area contributed by atoms with Gasteiger partial charge in [0.15, 0.2) is 0 Å². The van der Waals surface area contributed by atoms with Crippen LogP contribution < -0.4 is 10.6 Å². The van der Waals surface area contributed by atoms with Gasteiger partial charge in [-0.15, -0.1) is 0 Å². The van der Waals surface area contributed by atoms with Crippen molar-refractivity contribution in [2.45, 2.75) is 6.92 Å². The smallest absolute Gasteiger partial charge is 0.255 e. The van der Waals surface area contributed by atoms with E-state index in [1.54, 1.807) is 0 Å². The highest BCUT2D eigenvalue weighted by molar-refractivity contribution is 6.04. The van der Waals surface area contributed by atoms with Crippen LogP contribution in [0.3, 0.4) is 0 Å². The largest absolute Gasteiger partial charge is 0.322 e. The van der Waals surface area contributed by atoms with Crippen LogP contribution >= 0.6 is 0 Å². The molecule has 2 N–H and O–H groups in total. The molecule has 1 amide bonds. The maximum Gasteiger partial charge on any atom is 0.255 e. The van der Waals surface area contributed by atoms with Gasteiger partial charge in [-0.3, -0.25) is 9.37 Å². The van der Waals surface area contributed by atoms with Crippen LogP contribution in [0.5, 0.6) is 0 Å². The number of hydrogen-bond acceptors (Lipinski definition) is 1. The van der Waals surface area contributed by atoms with E-state index in [4.69, 9.17) is 0 Å². The van der Waals surface area contributed by atoms with Crippen molar-refractivity contribution < 1.29 is 13.8 Å². The van der Waals surface area contributed by atoms with E-state index in [2.05, 4.69) is 10.6 Å². The number of carbonyl (C=O) groups is 1. The molecule has 22 heavy (non-hydrogen) atoms. The lowest BCUT2D eigenvalue weighted by molar-refractivity contribution is -0.464. The molecule has 0 saturated carbocycles. The molecule has 2 rings (SSSR count). The topological polar surface area (TPSA) is 44.1 Å². The number of nitrogens with one attached hydrogen (secondary N) is 2. The van der Waals surface area contributed by atoms with E-state index >= 15 is 0 Å². The second-order valence-electron chi connectivity index (χ2n) is 5.14. The van der Waals surface area contributed by atoms with Crippen molar-refractivity contribution >= 4 is 23.1 Å². The van der Waals surface area contributed by atoms with Crippen molar-refractivity contribution in [3.63, 3.8) is 0 Å². The molecule has 0 aliphatic heterocycles. The predicted octanol–water partition coefficient (Wildman–Crippen LogP) is 3.18. The molecule has 114 valence electrons. The van der Waals surface area contributed by atoms with Gasteiger partial charge in [-0.1, -0.05) is 0 Å². The van der Waals surface area contributed by atoms with E-state index in [-0.39, 0.29) is 11.7 Å². The molecule has 0 saturated heterocycles. The fourth-order valence-electron chi connectivity index (χ4n) is 1.76. The summed E-state index contributed by atoms with van der Waals surface area (Å²) in [4.78, 5) is 12.0. The van der Waals surface area contributed by atoms with Crippen LogP contribution in [-0.2, 0) is 0 Å². The summed E-state index contributed by atoms with van der Waals surface area (Å²) in [5.41, 5.74) is 2.04. The Morgan fingerprint density at radius 1 is 0.909 bits per heavy atom. The number of hydrogen-bond donors (Lipinski definition) is 2. The molecule has 0 radical (unpaired) electrons. The van der Waals surface area contributed by atoms with Gasteiger partial charge in [0.1, 0.15) is 11.5 Å². The van der Waals surface area contributed by atoms with Gasteiger partial charge in [-0.2, -0.15) is 0 Å². The van der Waals surface area contributed by atoms with Crippen LogP contribution in [0.15, 0.2) is 48.5 Å². The maximum absolute atomic E-state index is 12.8. The number of carbonyl (C=O) groups excluding carboxylic acids is 1. The van der Waals surface area contributed by atoms with E-state index in [1.807, 2.05) is 49.9 Å². The lowest BCUT2D eigenvalue weighted by Crippen LogP contribution is -2.18. The number of amides is 1. The van der Waals surface area contributed by atoms with Crippen molar-refractivity contribution in [1.29, 1.82) is 0 Å². The van der Waals surface area contributed by atoms with Crippen molar-refractivity contribution in [3.05, 3.63) is 59.9 Å². The molecule has 4 nitrogen and oxygen atoms in total. The van der Waals surface area contributed by atoms with E-state index in [0.717, 1.165) is 11.5 Å². The number of nitrogens with zero attached hydrogens (tertiary/aromatic N) is 1. The normalized spacial score (nSPS) is 10.0. The summed E-state index contributed by atoms with van der Waals surface area (Å²) < 4.78 is 14.8. The highest BCUT2D eigenvalue weighted by atomic mass is 19.1. The zero-order valence-electron chi connectivity index (χ0n) is 12.9. The lowest BCUT2D eigenvalue weighted by Gasteiger charge is -2.06. The highest BCUT2D eigenvalue weighted by Crippen LogP contribution is 2.15. The Kier molecular flexibility index (Phi) is 4.88. The molecule has 0 bridgehead atoms. The van der Waals surface area contributed by atoms with Crippen LogP contribution in [-0.4, -0.2) is 30.4 Å². The fourth-order valence-corrected chi connectivity index (χ4v) is 1.76. The van der Waals surface area contributed by atoms with Gasteiger partial charge >= 0.3 is 0 Å². The number of amidine groups is 1. The third kappa shape index (κ3) is 4.15. The van der Waals surface area contributed by atoms with Gasteiger partial charge in [-0.05, 0) is 48.5 Å². The van der Waals surface area contributed by atoms with Gasteiger partial charge in [0.2, 0.25) is 5.84 Å². The minimum Gasteiger partial charge on any atom is -0.322 e. The predicted molar refractivity (Wildman–Crippen MR) is 87.2 cm³/mol. The fraction of sp³-hybridized carbons (Fsp3) is 0.176. The molecule has 0 aliphatic carbocycles. The maximum atomic E-state index is 12.8. The minimum atomic E-state index is -0.362. The second kappa shape index (κ2) is 6.85. The first kappa shape index (κ1) is 15.7. The molecule has 0 unspecified atom stereocenters. The highest BCUT2D eigenvalue weighted by Gasteiger charge is 2.07. The number of halogens is 1. The number of benzene rings is 2. The van der Waals surface area contributed by atoms with Crippen molar-refractivity contribution in [2.24, 2.45) is 0 Å². The first-order valence-corrected chi connectivity index (χ1v) is 6.90. The van der Waals surface area contributed by atoms with Gasteiger partial charge in [0.05, 0.1) is 14.1 Å². The standard InChI is InChI=1S/C17H18FN3O/c1-12(21(2)3)19-15-8-10-16(11-9-15)20-17(22)13-4-6-14(18)7-5-13/h4-11H,1-3H3,(H,20,22)/p+1. The average molecular weight is 300 g/mol. The quantitative estimate of drug-likeness (QED) is 0.519. The number of rotatable bonds is 3. The molecule has 0 heterocycles. The van der Waals surface area contributed by atoms with E-state index < -0.39 is 0 Å². The van der Waals surface area contributed by atoms with Gasteiger partial charge in [0, 0.05) is 18.2 Å². The SMILES string of the molecule is CC(Nc1ccc(NC(=O)c2ccc(F)cc2)cc1)=[N+](C)C. The van der Waals surface area contributed by atoms with Gasteiger partial charge in [-0.25, -0.2) is 9.71 Å². The first-order valence-electron chi connectivity index (χ1n) is 6.90. The molecule has 0 atom stereocenters. The first-order chi connectivity index (χ1) is 10.5. The lowest BCUT2D eigenvalue weighted by atomic mass is 10.2. The summed E-state index contributed by atoms with van der Waals surface area (Å²) in [5.74, 6) is 0.388. The van der Waals surface area contributed by atoms with Crippen molar-refractivity contribution in [3.8, 4) is 0 Å². The second-order valence-corrected chi connectivity index (χ2v) is 5.14. The monoisotopic (exact) mass is 300 g/mol. The minimum absolute atomic E-state index is 0.267. The Bertz CT molecular complexity index is 687. The zero-order chi connectivity index (χ0) is 16.1. The van der Waals surface area contributed by atoms with E-state index in [1.165, 1.54) is 24.3 Å². The summed E-state index contributed by atoms with van der Waals surface area (Å²) in [6.07, 6.45) is 0. The molecule has 2 aromatic rings. The molecular formula is C17H19FN3O+. The van der Waals surface area contributed by atoms with Crippen molar-refractivity contribution in [2.75, 3.05) is 24.7 Å². The van der Waals surface area contributed by atoms with Gasteiger partial charge < -0.3 is 5.32 Å². The number of anilines is 2. The Morgan fingerprint density at radius 3 is 1.91 bits per heavy atom. The van der Waals surface area contributed by atoms with Crippen LogP contribution in [0.2, 0.25) is 0 Å². The van der Waals surface area contributed by atoms with Crippen LogP contribution in [0.4, 0.5) is 15.8 Å². The molecule has 0 aromatic heterocycles. The third-order valence-corrected chi connectivity index (χ3v) is 3.25. The Morgan fingerprint density at radius 2 is 1.41 bits per heavy atom. The average Bonchev–Trinajstić information content (AvgIpc) is 2.49. The summed E-state index contributed by atoms with van der Waals surface area (Å²) in [6.45, 7) is 1.98. The van der Waals surface area contributed by atoms with Crippen LogP contribution in [0, 0.1) is 5.82 Å². The summed E-state index contributed by atoms with van der Waals surface area (Å²) in [6, 6.07) is 12.8. The zero-order valence-corrected chi connectivity index (χ0v) is 12.9. The summed E-state index contributed by atoms with van der Waals surface area (Å²) in [5, 5.41) is 6.02. The van der Waals surface area contributed by atoms with Crippen LogP contribution in [0.1, 0.15) is 17.3 Å². The van der Waals surface area contributed by atoms with Gasteiger partial charge in [0.25, 0.3) is 5.91 Å². The summed E-state index contributed by atoms with van der Waals surface area (Å²) >= 11 is 0. The Balaban J connectivity index is 2.03. The molecule has 5 heteroatoms. The van der Waals surface area contributed by atoms with E-state index in [9.17, 15) is 9.18 Å². The Labute approximate surface area is 129 Å².